The molecule has 6 aromatic carbocycles. The van der Waals surface area contributed by atoms with Crippen LogP contribution in [-0.2, 0) is 26.2 Å². The van der Waals surface area contributed by atoms with Crippen LogP contribution in [0, 0.1) is 27.7 Å². The van der Waals surface area contributed by atoms with Crippen molar-refractivity contribution >= 4 is 21.5 Å². The van der Waals surface area contributed by atoms with E-state index in [1.807, 2.05) is 0 Å². The smallest absolute Gasteiger partial charge is 1.00 e. The van der Waals surface area contributed by atoms with Gasteiger partial charge in [-0.1, -0.05) is 121 Å². The minimum atomic E-state index is 0. The average Bonchev–Trinajstić information content (AvgIpc) is 3.39. The summed E-state index contributed by atoms with van der Waals surface area (Å²) in [5.41, 5.74) is 10.8. The third-order valence-corrected chi connectivity index (χ3v) is 6.94. The van der Waals surface area contributed by atoms with E-state index in [-0.39, 0.29) is 51.0 Å². The molecule has 6 aromatic rings. The fraction of sp³-hybridized carbons (Fsp3) is 0.118. The molecule has 0 atom stereocenters. The van der Waals surface area contributed by atoms with Crippen molar-refractivity contribution in [3.63, 3.8) is 0 Å². The molecule has 0 heterocycles. The Kier molecular flexibility index (Phi) is 11.1. The molecule has 0 unspecified atom stereocenters. The van der Waals surface area contributed by atoms with Crippen LogP contribution < -0.4 is 24.8 Å². The summed E-state index contributed by atoms with van der Waals surface area (Å²) in [6.07, 6.45) is 0. The molecule has 0 radical (unpaired) electrons. The first-order chi connectivity index (χ1) is 16.5. The Hall–Kier alpha value is -2.44. The molecule has 0 amide bonds. The summed E-state index contributed by atoms with van der Waals surface area (Å²) in [7, 11) is 0. The summed E-state index contributed by atoms with van der Waals surface area (Å²) in [6.45, 7) is 8.81. The molecule has 0 bridgehead atoms. The molecule has 0 nitrogen and oxygen atoms in total. The number of hydrogen-bond donors (Lipinski definition) is 0. The number of halogens is 2. The van der Waals surface area contributed by atoms with Crippen LogP contribution in [0.25, 0.3) is 43.8 Å². The van der Waals surface area contributed by atoms with E-state index >= 15 is 0 Å². The first-order valence-electron chi connectivity index (χ1n) is 12.0. The maximum Gasteiger partial charge on any atom is 4.00 e. The molecule has 0 aromatic heterocycles. The van der Waals surface area contributed by atoms with E-state index in [2.05, 4.69) is 137 Å². The first kappa shape index (κ1) is 30.8. The maximum absolute atomic E-state index is 2.30. The van der Waals surface area contributed by atoms with Crippen LogP contribution in [0.1, 0.15) is 22.3 Å². The minimum absolute atomic E-state index is 0. The van der Waals surface area contributed by atoms with Gasteiger partial charge >= 0.3 is 26.2 Å². The molecule has 0 spiro atoms. The van der Waals surface area contributed by atoms with Crippen molar-refractivity contribution in [3.05, 3.63) is 131 Å². The molecule has 0 aliphatic carbocycles. The Morgan fingerprint density at radius 1 is 0.432 bits per heavy atom. The third kappa shape index (κ3) is 6.18. The Bertz CT molecular complexity index is 1450. The standard InChI is InChI=1S/2C17H15.2ClH.Zr/c2*1-12-7-6-10-15-11-16(13(2)17(12)15)14-8-4-3-5-9-14;;;/h2*3-11H,1-2H3;2*1H;/q2*-1;;;+4/p-2. The first-order valence-corrected chi connectivity index (χ1v) is 12.0. The predicted molar refractivity (Wildman–Crippen MR) is 149 cm³/mol. The largest absolute Gasteiger partial charge is 4.00 e. The van der Waals surface area contributed by atoms with Crippen LogP contribution in [0.4, 0.5) is 0 Å². The quantitative estimate of drug-likeness (QED) is 0.266. The summed E-state index contributed by atoms with van der Waals surface area (Å²) in [4.78, 5) is 0. The van der Waals surface area contributed by atoms with Crippen LogP contribution in [-0.4, -0.2) is 0 Å². The third-order valence-electron chi connectivity index (χ3n) is 6.94. The number of hydrogen-bond acceptors (Lipinski definition) is 0. The van der Waals surface area contributed by atoms with Gasteiger partial charge in [0.2, 0.25) is 0 Å². The van der Waals surface area contributed by atoms with E-state index in [9.17, 15) is 0 Å². The SMILES string of the molecule is Cc1cccc2[cH-]c(-c3ccccc3)c(C)c12.Cc1cccc2[cH-]c(-c3ccccc3)c(C)c12.[Cl-].[Cl-].[Zr+4]. The zero-order valence-electron chi connectivity index (χ0n) is 21.6. The monoisotopic (exact) mass is 598 g/mol. The number of fused-ring (bicyclic) bond motifs is 2. The molecule has 6 rings (SSSR count). The molecule has 0 N–H and O–H groups in total. The van der Waals surface area contributed by atoms with Gasteiger partial charge in [-0.15, -0.1) is 68.1 Å². The second-order valence-corrected chi connectivity index (χ2v) is 9.18. The molecule has 0 aliphatic rings. The van der Waals surface area contributed by atoms with Gasteiger partial charge in [-0.2, -0.15) is 0 Å². The zero-order chi connectivity index (χ0) is 23.7. The van der Waals surface area contributed by atoms with Crippen molar-refractivity contribution in [2.75, 3.05) is 0 Å². The van der Waals surface area contributed by atoms with Crippen LogP contribution in [0.3, 0.4) is 0 Å². The molecule has 0 aliphatic heterocycles. The predicted octanol–water partition coefficient (Wildman–Crippen LogP) is 3.69. The van der Waals surface area contributed by atoms with Crippen molar-refractivity contribution < 1.29 is 51.0 Å². The van der Waals surface area contributed by atoms with Gasteiger partial charge < -0.3 is 24.8 Å². The van der Waals surface area contributed by atoms with Crippen LogP contribution in [0.5, 0.6) is 0 Å². The normalized spacial score (nSPS) is 10.1. The summed E-state index contributed by atoms with van der Waals surface area (Å²) in [5, 5.41) is 5.51. The van der Waals surface area contributed by atoms with Crippen LogP contribution in [0.2, 0.25) is 0 Å². The van der Waals surface area contributed by atoms with E-state index in [0.29, 0.717) is 0 Å². The summed E-state index contributed by atoms with van der Waals surface area (Å²) in [5.74, 6) is 0. The number of rotatable bonds is 2. The molecule has 3 heteroatoms. The minimum Gasteiger partial charge on any atom is -1.00 e. The summed E-state index contributed by atoms with van der Waals surface area (Å²) < 4.78 is 0. The van der Waals surface area contributed by atoms with Gasteiger partial charge in [0.15, 0.2) is 0 Å². The second kappa shape index (κ2) is 13.4. The maximum atomic E-state index is 2.30. The second-order valence-electron chi connectivity index (χ2n) is 9.18. The zero-order valence-corrected chi connectivity index (χ0v) is 25.6. The van der Waals surface area contributed by atoms with Crippen LogP contribution >= 0.6 is 0 Å². The van der Waals surface area contributed by atoms with E-state index in [0.717, 1.165) is 0 Å². The molecule has 0 saturated heterocycles. The number of benzene rings is 4. The fourth-order valence-electron chi connectivity index (χ4n) is 5.28. The van der Waals surface area contributed by atoms with Gasteiger partial charge in [0.05, 0.1) is 0 Å². The Labute approximate surface area is 252 Å². The van der Waals surface area contributed by atoms with Gasteiger partial charge in [-0.3, -0.25) is 0 Å². The Balaban J connectivity index is 0.000000241. The van der Waals surface area contributed by atoms with Gasteiger partial charge in [-0.05, 0) is 13.8 Å². The number of aryl methyl sites for hydroxylation is 4. The van der Waals surface area contributed by atoms with Gasteiger partial charge in [-0.25, -0.2) is 0 Å². The molecular formula is C34H30Cl2Zr. The van der Waals surface area contributed by atoms with Crippen molar-refractivity contribution in [3.8, 4) is 22.3 Å². The fourth-order valence-corrected chi connectivity index (χ4v) is 5.28. The molecule has 0 fully saturated rings. The molecule has 0 saturated carbocycles. The van der Waals surface area contributed by atoms with E-state index < -0.39 is 0 Å². The van der Waals surface area contributed by atoms with Gasteiger partial charge in [0.1, 0.15) is 0 Å². The summed E-state index contributed by atoms with van der Waals surface area (Å²) >= 11 is 0. The van der Waals surface area contributed by atoms with E-state index in [4.69, 9.17) is 0 Å². The van der Waals surface area contributed by atoms with Crippen molar-refractivity contribution in [2.24, 2.45) is 0 Å². The van der Waals surface area contributed by atoms with Gasteiger partial charge in [0.25, 0.3) is 0 Å². The van der Waals surface area contributed by atoms with Gasteiger partial charge in [0, 0.05) is 0 Å². The van der Waals surface area contributed by atoms with Crippen LogP contribution in [0.15, 0.2) is 109 Å². The van der Waals surface area contributed by atoms with Crippen molar-refractivity contribution in [1.29, 1.82) is 0 Å². The van der Waals surface area contributed by atoms with E-state index in [1.165, 1.54) is 66.1 Å². The average molecular weight is 601 g/mol. The molecular weight excluding hydrogens is 571 g/mol. The Morgan fingerprint density at radius 2 is 0.784 bits per heavy atom. The van der Waals surface area contributed by atoms with Crippen molar-refractivity contribution in [1.82, 2.24) is 0 Å². The van der Waals surface area contributed by atoms with Crippen molar-refractivity contribution in [2.45, 2.75) is 27.7 Å². The topological polar surface area (TPSA) is 0 Å². The summed E-state index contributed by atoms with van der Waals surface area (Å²) in [6, 6.07) is 38.8. The Morgan fingerprint density at radius 3 is 1.11 bits per heavy atom. The molecule has 37 heavy (non-hydrogen) atoms. The van der Waals surface area contributed by atoms with E-state index in [1.54, 1.807) is 0 Å². The molecule has 184 valence electrons.